The highest BCUT2D eigenvalue weighted by Gasteiger charge is 2.05. The van der Waals surface area contributed by atoms with Gasteiger partial charge in [-0.1, -0.05) is 12.1 Å². The van der Waals surface area contributed by atoms with Crippen LogP contribution in [0.1, 0.15) is 38.7 Å². The monoisotopic (exact) mass is 293 g/mol. The van der Waals surface area contributed by atoms with Gasteiger partial charge in [-0.3, -0.25) is 9.59 Å². The van der Waals surface area contributed by atoms with Crippen LogP contribution in [-0.2, 0) is 20.7 Å². The summed E-state index contributed by atoms with van der Waals surface area (Å²) in [5.41, 5.74) is 1.60. The molecule has 116 valence electrons. The molecule has 0 aliphatic carbocycles. The van der Waals surface area contributed by atoms with Gasteiger partial charge < -0.3 is 15.2 Å². The van der Waals surface area contributed by atoms with Crippen LogP contribution in [0.3, 0.4) is 0 Å². The normalized spacial score (nSPS) is 10.6. The van der Waals surface area contributed by atoms with Gasteiger partial charge in [0.2, 0.25) is 5.91 Å². The Hall–Kier alpha value is -1.88. The molecule has 0 aliphatic heterocycles. The highest BCUT2D eigenvalue weighted by molar-refractivity contribution is 5.90. The Balaban J connectivity index is 2.38. The van der Waals surface area contributed by atoms with Crippen LogP contribution in [0, 0.1) is 0 Å². The van der Waals surface area contributed by atoms with E-state index in [2.05, 4.69) is 5.32 Å². The molecule has 1 rings (SSSR count). The van der Waals surface area contributed by atoms with Crippen molar-refractivity contribution < 1.29 is 19.4 Å². The van der Waals surface area contributed by atoms with E-state index in [0.717, 1.165) is 5.56 Å². The van der Waals surface area contributed by atoms with Crippen molar-refractivity contribution in [3.8, 4) is 0 Å². The number of rotatable bonds is 9. The maximum Gasteiger partial charge on any atom is 0.303 e. The van der Waals surface area contributed by atoms with E-state index in [0.29, 0.717) is 31.6 Å². The molecule has 1 amide bonds. The molecular formula is C16H23NO4. The highest BCUT2D eigenvalue weighted by Crippen LogP contribution is 2.13. The van der Waals surface area contributed by atoms with Crippen molar-refractivity contribution in [3.63, 3.8) is 0 Å². The van der Waals surface area contributed by atoms with Crippen molar-refractivity contribution in [2.24, 2.45) is 0 Å². The number of aliphatic carboxylic acids is 1. The standard InChI is InChI=1S/C16H23NO4/c1-12(2)21-10-4-7-15(18)17-14-6-3-5-13(11-14)8-9-16(19)20/h3,5-6,11-12H,4,7-10H2,1-2H3,(H,17,18)(H,19,20). The molecular weight excluding hydrogens is 270 g/mol. The van der Waals surface area contributed by atoms with E-state index in [1.807, 2.05) is 32.0 Å². The lowest BCUT2D eigenvalue weighted by molar-refractivity contribution is -0.137. The Bertz CT molecular complexity index is 471. The molecule has 0 atom stereocenters. The lowest BCUT2D eigenvalue weighted by Crippen LogP contribution is -2.13. The first-order chi connectivity index (χ1) is 9.97. The molecule has 0 aliphatic rings. The number of carbonyl (C=O) groups excluding carboxylic acids is 1. The first kappa shape index (κ1) is 17.2. The molecule has 21 heavy (non-hydrogen) atoms. The Kier molecular flexibility index (Phi) is 7.46. The Morgan fingerprint density at radius 2 is 2.05 bits per heavy atom. The number of ether oxygens (including phenoxy) is 1. The van der Waals surface area contributed by atoms with Gasteiger partial charge in [-0.15, -0.1) is 0 Å². The molecule has 0 unspecified atom stereocenters. The maximum absolute atomic E-state index is 11.8. The fraction of sp³-hybridized carbons (Fsp3) is 0.500. The third-order valence-electron chi connectivity index (χ3n) is 2.84. The molecule has 0 fully saturated rings. The number of amides is 1. The molecule has 0 saturated heterocycles. The Morgan fingerprint density at radius 3 is 2.71 bits per heavy atom. The number of hydrogen-bond acceptors (Lipinski definition) is 3. The molecule has 2 N–H and O–H groups in total. The quantitative estimate of drug-likeness (QED) is 0.686. The summed E-state index contributed by atoms with van der Waals surface area (Å²) in [5, 5.41) is 11.5. The maximum atomic E-state index is 11.8. The van der Waals surface area contributed by atoms with Gasteiger partial charge in [-0.25, -0.2) is 0 Å². The van der Waals surface area contributed by atoms with E-state index >= 15 is 0 Å². The van der Waals surface area contributed by atoms with Crippen molar-refractivity contribution in [2.75, 3.05) is 11.9 Å². The number of benzene rings is 1. The zero-order chi connectivity index (χ0) is 15.7. The third-order valence-corrected chi connectivity index (χ3v) is 2.84. The Labute approximate surface area is 125 Å². The van der Waals surface area contributed by atoms with Gasteiger partial charge in [0.05, 0.1) is 6.10 Å². The topological polar surface area (TPSA) is 75.6 Å². The fourth-order valence-electron chi connectivity index (χ4n) is 1.83. The summed E-state index contributed by atoms with van der Waals surface area (Å²) < 4.78 is 5.38. The molecule has 0 spiro atoms. The summed E-state index contributed by atoms with van der Waals surface area (Å²) in [6, 6.07) is 7.28. The van der Waals surface area contributed by atoms with E-state index in [1.165, 1.54) is 0 Å². The number of aryl methyl sites for hydroxylation is 1. The summed E-state index contributed by atoms with van der Waals surface area (Å²) in [7, 11) is 0. The van der Waals surface area contributed by atoms with E-state index in [1.54, 1.807) is 6.07 Å². The lowest BCUT2D eigenvalue weighted by Gasteiger charge is -2.09. The van der Waals surface area contributed by atoms with Gasteiger partial charge in [-0.2, -0.15) is 0 Å². The number of carboxylic acids is 1. The summed E-state index contributed by atoms with van der Waals surface area (Å²) >= 11 is 0. The average Bonchev–Trinajstić information content (AvgIpc) is 2.41. The lowest BCUT2D eigenvalue weighted by atomic mass is 10.1. The van der Waals surface area contributed by atoms with E-state index < -0.39 is 5.97 Å². The van der Waals surface area contributed by atoms with Gasteiger partial charge in [0.1, 0.15) is 0 Å². The van der Waals surface area contributed by atoms with Gasteiger partial charge in [0, 0.05) is 25.1 Å². The van der Waals surface area contributed by atoms with Crippen LogP contribution in [0.2, 0.25) is 0 Å². The SMILES string of the molecule is CC(C)OCCCC(=O)Nc1cccc(CCC(=O)O)c1. The van der Waals surface area contributed by atoms with Gasteiger partial charge in [0.25, 0.3) is 0 Å². The molecule has 0 aromatic heterocycles. The molecule has 5 nitrogen and oxygen atoms in total. The molecule has 0 saturated carbocycles. The molecule has 0 radical (unpaired) electrons. The van der Waals surface area contributed by atoms with Crippen molar-refractivity contribution in [1.29, 1.82) is 0 Å². The van der Waals surface area contributed by atoms with Crippen molar-refractivity contribution in [1.82, 2.24) is 0 Å². The number of carbonyl (C=O) groups is 2. The molecule has 1 aromatic carbocycles. The van der Waals surface area contributed by atoms with E-state index in [9.17, 15) is 9.59 Å². The van der Waals surface area contributed by atoms with Crippen LogP contribution >= 0.6 is 0 Å². The van der Waals surface area contributed by atoms with Gasteiger partial charge in [0.15, 0.2) is 0 Å². The number of nitrogens with one attached hydrogen (secondary N) is 1. The van der Waals surface area contributed by atoms with E-state index in [-0.39, 0.29) is 18.4 Å². The van der Waals surface area contributed by atoms with E-state index in [4.69, 9.17) is 9.84 Å². The highest BCUT2D eigenvalue weighted by atomic mass is 16.5. The van der Waals surface area contributed by atoms with Crippen molar-refractivity contribution in [3.05, 3.63) is 29.8 Å². The number of carboxylic acid groups (broad SMARTS) is 1. The zero-order valence-corrected chi connectivity index (χ0v) is 12.6. The van der Waals surface area contributed by atoms with Crippen LogP contribution in [-0.4, -0.2) is 29.7 Å². The first-order valence-corrected chi connectivity index (χ1v) is 7.19. The van der Waals surface area contributed by atoms with Gasteiger partial charge in [-0.05, 0) is 44.4 Å². The first-order valence-electron chi connectivity index (χ1n) is 7.19. The van der Waals surface area contributed by atoms with Crippen LogP contribution in [0.15, 0.2) is 24.3 Å². The molecule has 0 bridgehead atoms. The second-order valence-corrected chi connectivity index (χ2v) is 5.17. The van der Waals surface area contributed by atoms with Crippen molar-refractivity contribution >= 4 is 17.6 Å². The summed E-state index contributed by atoms with van der Waals surface area (Å²) in [5.74, 6) is -0.882. The molecule has 5 heteroatoms. The Morgan fingerprint density at radius 1 is 1.29 bits per heavy atom. The average molecular weight is 293 g/mol. The van der Waals surface area contributed by atoms with Crippen LogP contribution < -0.4 is 5.32 Å². The predicted octanol–water partition coefficient (Wildman–Crippen LogP) is 2.85. The molecule has 1 aromatic rings. The second-order valence-electron chi connectivity index (χ2n) is 5.17. The van der Waals surface area contributed by atoms with Crippen LogP contribution in [0.25, 0.3) is 0 Å². The van der Waals surface area contributed by atoms with Crippen LogP contribution in [0.4, 0.5) is 5.69 Å². The summed E-state index contributed by atoms with van der Waals surface area (Å²) in [6.07, 6.45) is 1.82. The smallest absolute Gasteiger partial charge is 0.303 e. The zero-order valence-electron chi connectivity index (χ0n) is 12.6. The minimum atomic E-state index is -0.824. The molecule has 0 heterocycles. The van der Waals surface area contributed by atoms with Crippen molar-refractivity contribution in [2.45, 2.75) is 45.6 Å². The largest absolute Gasteiger partial charge is 0.481 e. The van der Waals surface area contributed by atoms with Crippen LogP contribution in [0.5, 0.6) is 0 Å². The summed E-state index contributed by atoms with van der Waals surface area (Å²) in [4.78, 5) is 22.3. The third kappa shape index (κ3) is 8.09. The minimum absolute atomic E-state index is 0.0576. The number of anilines is 1. The van der Waals surface area contributed by atoms with Gasteiger partial charge >= 0.3 is 5.97 Å². The fourth-order valence-corrected chi connectivity index (χ4v) is 1.83. The minimum Gasteiger partial charge on any atom is -0.481 e. The predicted molar refractivity (Wildman–Crippen MR) is 81.4 cm³/mol. The number of hydrogen-bond donors (Lipinski definition) is 2. The second kappa shape index (κ2) is 9.13. The summed E-state index contributed by atoms with van der Waals surface area (Å²) in [6.45, 7) is 4.50.